The third kappa shape index (κ3) is 3.21. The van der Waals surface area contributed by atoms with E-state index < -0.39 is 23.2 Å². The molecular weight excluding hydrogens is 272 g/mol. The van der Waals surface area contributed by atoms with Crippen LogP contribution >= 0.6 is 0 Å². The van der Waals surface area contributed by atoms with Crippen molar-refractivity contribution < 1.29 is 19.5 Å². The van der Waals surface area contributed by atoms with E-state index in [4.69, 9.17) is 5.73 Å². The first kappa shape index (κ1) is 15.0. The van der Waals surface area contributed by atoms with Crippen molar-refractivity contribution in [2.45, 2.75) is 32.1 Å². The minimum atomic E-state index is -0.980. The lowest BCUT2D eigenvalue weighted by Crippen LogP contribution is -2.33. The number of primary amides is 1. The predicted molar refractivity (Wildman–Crippen MR) is 76.7 cm³/mol. The summed E-state index contributed by atoms with van der Waals surface area (Å²) in [6.45, 7) is 0. The Bertz CT molecular complexity index is 577. The number of nitrogens with one attached hydrogen (secondary N) is 1. The zero-order chi connectivity index (χ0) is 15.5. The Labute approximate surface area is 122 Å². The highest BCUT2D eigenvalue weighted by atomic mass is 16.4. The van der Waals surface area contributed by atoms with Gasteiger partial charge >= 0.3 is 5.97 Å². The molecule has 1 aromatic rings. The van der Waals surface area contributed by atoms with Gasteiger partial charge in [-0.15, -0.1) is 0 Å². The van der Waals surface area contributed by atoms with Gasteiger partial charge in [0.1, 0.15) is 0 Å². The summed E-state index contributed by atoms with van der Waals surface area (Å²) in [6, 6.07) is 6.40. The van der Waals surface area contributed by atoms with Crippen LogP contribution in [0.4, 0.5) is 5.69 Å². The van der Waals surface area contributed by atoms with Crippen LogP contribution in [-0.4, -0.2) is 22.9 Å². The minimum Gasteiger partial charge on any atom is -0.481 e. The summed E-state index contributed by atoms with van der Waals surface area (Å²) in [6.07, 6.45) is 2.56. The normalized spacial score (nSPS) is 16.4. The monoisotopic (exact) mass is 290 g/mol. The maximum Gasteiger partial charge on any atom is 0.310 e. The number of anilines is 1. The second kappa shape index (κ2) is 5.95. The first-order valence-corrected chi connectivity index (χ1v) is 6.87. The fraction of sp³-hybridized carbons (Fsp3) is 0.400. The van der Waals surface area contributed by atoms with E-state index in [0.29, 0.717) is 18.5 Å². The van der Waals surface area contributed by atoms with E-state index >= 15 is 0 Å². The van der Waals surface area contributed by atoms with Crippen LogP contribution in [0, 0.1) is 5.41 Å². The van der Waals surface area contributed by atoms with Crippen molar-refractivity contribution in [1.82, 2.24) is 0 Å². The SMILES string of the molecule is NC(=O)c1ccccc1NC(=O)CC1(C(=O)O)CCCC1. The molecule has 1 fully saturated rings. The van der Waals surface area contributed by atoms with E-state index in [-0.39, 0.29) is 12.0 Å². The number of hydrogen-bond donors (Lipinski definition) is 3. The van der Waals surface area contributed by atoms with Crippen LogP contribution in [0.5, 0.6) is 0 Å². The average molecular weight is 290 g/mol. The second-order valence-corrected chi connectivity index (χ2v) is 5.43. The highest BCUT2D eigenvalue weighted by Crippen LogP contribution is 2.41. The predicted octanol–water partition coefficient (Wildman–Crippen LogP) is 1.76. The first-order valence-electron chi connectivity index (χ1n) is 6.87. The van der Waals surface area contributed by atoms with Crippen molar-refractivity contribution >= 4 is 23.5 Å². The summed E-state index contributed by atoms with van der Waals surface area (Å²) >= 11 is 0. The molecule has 0 radical (unpaired) electrons. The van der Waals surface area contributed by atoms with Crippen molar-refractivity contribution in [3.63, 3.8) is 0 Å². The molecule has 0 bridgehead atoms. The van der Waals surface area contributed by atoms with E-state index in [1.165, 1.54) is 6.07 Å². The topological polar surface area (TPSA) is 109 Å². The number of nitrogens with two attached hydrogens (primary N) is 1. The van der Waals surface area contributed by atoms with Crippen LogP contribution in [0.3, 0.4) is 0 Å². The summed E-state index contributed by atoms with van der Waals surface area (Å²) in [5, 5.41) is 12.0. The lowest BCUT2D eigenvalue weighted by molar-refractivity contribution is -0.150. The molecular formula is C15H18N2O4. The third-order valence-corrected chi connectivity index (χ3v) is 3.98. The highest BCUT2D eigenvalue weighted by molar-refractivity contribution is 6.03. The molecule has 0 heterocycles. The van der Waals surface area contributed by atoms with Crippen LogP contribution in [0.25, 0.3) is 0 Å². The molecule has 0 aromatic heterocycles. The Hall–Kier alpha value is -2.37. The molecule has 1 aromatic carbocycles. The zero-order valence-corrected chi connectivity index (χ0v) is 11.6. The molecule has 4 N–H and O–H groups in total. The lowest BCUT2D eigenvalue weighted by Gasteiger charge is -2.23. The van der Waals surface area contributed by atoms with Gasteiger partial charge in [-0.05, 0) is 25.0 Å². The Morgan fingerprint density at radius 2 is 1.81 bits per heavy atom. The Morgan fingerprint density at radius 3 is 2.38 bits per heavy atom. The van der Waals surface area contributed by atoms with E-state index in [9.17, 15) is 19.5 Å². The van der Waals surface area contributed by atoms with Gasteiger partial charge in [0.25, 0.3) is 5.91 Å². The van der Waals surface area contributed by atoms with Gasteiger partial charge < -0.3 is 16.2 Å². The molecule has 2 amide bonds. The second-order valence-electron chi connectivity index (χ2n) is 5.43. The number of carbonyl (C=O) groups excluding carboxylic acids is 2. The molecule has 0 aliphatic heterocycles. The number of rotatable bonds is 5. The number of amides is 2. The molecule has 112 valence electrons. The molecule has 21 heavy (non-hydrogen) atoms. The summed E-state index contributed by atoms with van der Waals surface area (Å²) in [5.41, 5.74) is 4.79. The van der Waals surface area contributed by atoms with Gasteiger partial charge in [0.05, 0.1) is 16.7 Å². The maximum atomic E-state index is 12.1. The minimum absolute atomic E-state index is 0.0879. The van der Waals surface area contributed by atoms with E-state index in [1.807, 2.05) is 0 Å². The molecule has 1 saturated carbocycles. The standard InChI is InChI=1S/C15H18N2O4/c16-13(19)10-5-1-2-6-11(10)17-12(18)9-15(14(20)21)7-3-4-8-15/h1-2,5-6H,3-4,7-9H2,(H2,16,19)(H,17,18)(H,20,21). The molecule has 0 saturated heterocycles. The summed E-state index contributed by atoms with van der Waals surface area (Å²) < 4.78 is 0. The fourth-order valence-electron chi connectivity index (χ4n) is 2.83. The van der Waals surface area contributed by atoms with Gasteiger partial charge in [-0.25, -0.2) is 0 Å². The molecule has 0 spiro atoms. The number of aliphatic carboxylic acids is 1. The number of para-hydroxylation sites is 1. The summed E-state index contributed by atoms with van der Waals surface area (Å²) in [4.78, 5) is 34.9. The fourth-order valence-corrected chi connectivity index (χ4v) is 2.83. The van der Waals surface area contributed by atoms with Crippen molar-refractivity contribution in [1.29, 1.82) is 0 Å². The molecule has 0 unspecified atom stereocenters. The Kier molecular flexibility index (Phi) is 4.26. The largest absolute Gasteiger partial charge is 0.481 e. The molecule has 1 aliphatic rings. The molecule has 2 rings (SSSR count). The van der Waals surface area contributed by atoms with Crippen molar-refractivity contribution in [2.75, 3.05) is 5.32 Å². The van der Waals surface area contributed by atoms with Crippen LogP contribution in [-0.2, 0) is 9.59 Å². The number of benzene rings is 1. The number of carbonyl (C=O) groups is 3. The van der Waals surface area contributed by atoms with Crippen molar-refractivity contribution in [3.8, 4) is 0 Å². The van der Waals surface area contributed by atoms with Crippen LogP contribution in [0.2, 0.25) is 0 Å². The van der Waals surface area contributed by atoms with Crippen LogP contribution in [0.1, 0.15) is 42.5 Å². The summed E-state index contributed by atoms with van der Waals surface area (Å²) in [7, 11) is 0. The lowest BCUT2D eigenvalue weighted by atomic mass is 9.82. The number of carboxylic acids is 1. The Balaban J connectivity index is 2.12. The van der Waals surface area contributed by atoms with Crippen LogP contribution in [0.15, 0.2) is 24.3 Å². The molecule has 0 atom stereocenters. The Morgan fingerprint density at radius 1 is 1.19 bits per heavy atom. The van der Waals surface area contributed by atoms with Crippen molar-refractivity contribution in [3.05, 3.63) is 29.8 Å². The molecule has 6 heteroatoms. The average Bonchev–Trinajstić information content (AvgIpc) is 2.88. The molecule has 1 aliphatic carbocycles. The number of hydrogen-bond acceptors (Lipinski definition) is 3. The van der Waals surface area contributed by atoms with Gasteiger partial charge in [-0.1, -0.05) is 25.0 Å². The van der Waals surface area contributed by atoms with Gasteiger partial charge in [-0.3, -0.25) is 14.4 Å². The van der Waals surface area contributed by atoms with Gasteiger partial charge in [0.15, 0.2) is 0 Å². The smallest absolute Gasteiger partial charge is 0.310 e. The van der Waals surface area contributed by atoms with E-state index in [1.54, 1.807) is 18.2 Å². The van der Waals surface area contributed by atoms with Crippen LogP contribution < -0.4 is 11.1 Å². The van der Waals surface area contributed by atoms with E-state index in [0.717, 1.165) is 12.8 Å². The maximum absolute atomic E-state index is 12.1. The molecule has 6 nitrogen and oxygen atoms in total. The zero-order valence-electron chi connectivity index (χ0n) is 11.6. The first-order chi connectivity index (χ1) is 9.94. The quantitative estimate of drug-likeness (QED) is 0.767. The van der Waals surface area contributed by atoms with Crippen molar-refractivity contribution in [2.24, 2.45) is 11.1 Å². The van der Waals surface area contributed by atoms with Gasteiger partial charge in [0.2, 0.25) is 5.91 Å². The van der Waals surface area contributed by atoms with Gasteiger partial charge in [-0.2, -0.15) is 0 Å². The number of carboxylic acid groups (broad SMARTS) is 1. The highest BCUT2D eigenvalue weighted by Gasteiger charge is 2.43. The third-order valence-electron chi connectivity index (χ3n) is 3.98. The van der Waals surface area contributed by atoms with Gasteiger partial charge in [0, 0.05) is 6.42 Å². The summed E-state index contributed by atoms with van der Waals surface area (Å²) in [5.74, 6) is -1.98. The van der Waals surface area contributed by atoms with E-state index in [2.05, 4.69) is 5.32 Å².